The molecule has 0 spiro atoms. The van der Waals surface area contributed by atoms with Crippen molar-refractivity contribution in [1.29, 1.82) is 0 Å². The Labute approximate surface area is 121 Å². The van der Waals surface area contributed by atoms with E-state index in [1.165, 1.54) is 0 Å². The van der Waals surface area contributed by atoms with Crippen LogP contribution in [0.4, 0.5) is 0 Å². The molecule has 7 heteroatoms. The molecule has 0 fully saturated rings. The number of benzene rings is 1. The summed E-state index contributed by atoms with van der Waals surface area (Å²) in [6.07, 6.45) is 2.30. The number of nitrogens with one attached hydrogen (secondary N) is 1. The van der Waals surface area contributed by atoms with Crippen LogP contribution in [0.1, 0.15) is 16.1 Å². The van der Waals surface area contributed by atoms with Crippen molar-refractivity contribution in [3.63, 3.8) is 0 Å². The Balaban J connectivity index is 1.82. The third-order valence-corrected chi connectivity index (χ3v) is 2.95. The van der Waals surface area contributed by atoms with E-state index in [0.717, 1.165) is 5.56 Å². The summed E-state index contributed by atoms with van der Waals surface area (Å²) in [7, 11) is 0. The standard InChI is InChI=1S/C13H16ClN5O/c14-11-3-1-2-10(8-11)4-6-16-13(20)12-9-19(7-5-15)18-17-12/h1-3,8-9H,4-7,15H2,(H,16,20). The number of rotatable bonds is 6. The maximum absolute atomic E-state index is 11.8. The molecule has 0 aliphatic heterocycles. The van der Waals surface area contributed by atoms with Gasteiger partial charge >= 0.3 is 0 Å². The first-order valence-corrected chi connectivity index (χ1v) is 6.69. The predicted octanol–water partition coefficient (Wildman–Crippen LogP) is 0.863. The van der Waals surface area contributed by atoms with E-state index in [1.807, 2.05) is 24.3 Å². The van der Waals surface area contributed by atoms with Crippen molar-refractivity contribution in [3.05, 3.63) is 46.7 Å². The van der Waals surface area contributed by atoms with Crippen LogP contribution in [-0.4, -0.2) is 34.0 Å². The Hall–Kier alpha value is -1.92. The highest BCUT2D eigenvalue weighted by Crippen LogP contribution is 2.10. The van der Waals surface area contributed by atoms with Crippen LogP contribution in [0.2, 0.25) is 5.02 Å². The summed E-state index contributed by atoms with van der Waals surface area (Å²) in [6, 6.07) is 7.55. The SMILES string of the molecule is NCCn1cc(C(=O)NCCc2cccc(Cl)c2)nn1. The molecular weight excluding hydrogens is 278 g/mol. The van der Waals surface area contributed by atoms with Crippen molar-refractivity contribution in [2.24, 2.45) is 5.73 Å². The molecule has 1 heterocycles. The molecule has 1 amide bonds. The number of carbonyl (C=O) groups excluding carboxylic acids is 1. The van der Waals surface area contributed by atoms with Gasteiger partial charge in [-0.2, -0.15) is 0 Å². The maximum Gasteiger partial charge on any atom is 0.273 e. The molecule has 0 bridgehead atoms. The van der Waals surface area contributed by atoms with Gasteiger partial charge in [0, 0.05) is 18.1 Å². The first-order valence-electron chi connectivity index (χ1n) is 6.32. The molecule has 2 aromatic rings. The van der Waals surface area contributed by atoms with Crippen molar-refractivity contribution in [1.82, 2.24) is 20.3 Å². The molecule has 0 unspecified atom stereocenters. The van der Waals surface area contributed by atoms with E-state index in [0.29, 0.717) is 36.8 Å². The first-order chi connectivity index (χ1) is 9.69. The Morgan fingerprint density at radius 2 is 2.30 bits per heavy atom. The van der Waals surface area contributed by atoms with E-state index in [2.05, 4.69) is 15.6 Å². The third-order valence-electron chi connectivity index (χ3n) is 2.72. The number of amides is 1. The summed E-state index contributed by atoms with van der Waals surface area (Å²) in [5.41, 5.74) is 6.77. The molecule has 0 saturated heterocycles. The maximum atomic E-state index is 11.8. The summed E-state index contributed by atoms with van der Waals surface area (Å²) in [5.74, 6) is -0.240. The molecule has 0 aliphatic rings. The van der Waals surface area contributed by atoms with Gasteiger partial charge in [0.25, 0.3) is 5.91 Å². The van der Waals surface area contributed by atoms with Crippen LogP contribution in [0, 0.1) is 0 Å². The minimum atomic E-state index is -0.240. The molecular formula is C13H16ClN5O. The second-order valence-electron chi connectivity index (χ2n) is 4.29. The fourth-order valence-electron chi connectivity index (χ4n) is 1.75. The average Bonchev–Trinajstić information content (AvgIpc) is 2.88. The monoisotopic (exact) mass is 293 g/mol. The van der Waals surface area contributed by atoms with Gasteiger partial charge in [-0.15, -0.1) is 5.10 Å². The van der Waals surface area contributed by atoms with Gasteiger partial charge in [0.2, 0.25) is 0 Å². The minimum absolute atomic E-state index is 0.240. The molecule has 3 N–H and O–H groups in total. The minimum Gasteiger partial charge on any atom is -0.350 e. The van der Waals surface area contributed by atoms with Gasteiger partial charge in [0.05, 0.1) is 12.7 Å². The highest BCUT2D eigenvalue weighted by molar-refractivity contribution is 6.30. The zero-order valence-electron chi connectivity index (χ0n) is 10.9. The number of hydrogen-bond donors (Lipinski definition) is 2. The molecule has 6 nitrogen and oxygen atoms in total. The van der Waals surface area contributed by atoms with E-state index in [4.69, 9.17) is 17.3 Å². The van der Waals surface area contributed by atoms with Gasteiger partial charge in [-0.1, -0.05) is 28.9 Å². The second-order valence-corrected chi connectivity index (χ2v) is 4.73. The van der Waals surface area contributed by atoms with E-state index < -0.39 is 0 Å². The van der Waals surface area contributed by atoms with Crippen molar-refractivity contribution in [2.45, 2.75) is 13.0 Å². The molecule has 0 atom stereocenters. The van der Waals surface area contributed by atoms with Crippen molar-refractivity contribution >= 4 is 17.5 Å². The summed E-state index contributed by atoms with van der Waals surface area (Å²) in [6.45, 7) is 1.52. The average molecular weight is 294 g/mol. The smallest absolute Gasteiger partial charge is 0.273 e. The van der Waals surface area contributed by atoms with Crippen molar-refractivity contribution < 1.29 is 4.79 Å². The normalized spacial score (nSPS) is 10.5. The quantitative estimate of drug-likeness (QED) is 0.827. The van der Waals surface area contributed by atoms with E-state index >= 15 is 0 Å². The number of halogens is 1. The van der Waals surface area contributed by atoms with Crippen LogP contribution in [0.25, 0.3) is 0 Å². The van der Waals surface area contributed by atoms with Crippen LogP contribution in [0.5, 0.6) is 0 Å². The number of aromatic nitrogens is 3. The molecule has 0 aliphatic carbocycles. The highest BCUT2D eigenvalue weighted by Gasteiger charge is 2.09. The lowest BCUT2D eigenvalue weighted by Gasteiger charge is -2.03. The number of hydrogen-bond acceptors (Lipinski definition) is 4. The molecule has 1 aromatic heterocycles. The van der Waals surface area contributed by atoms with Crippen LogP contribution in [0.15, 0.2) is 30.5 Å². The lowest BCUT2D eigenvalue weighted by atomic mass is 10.1. The van der Waals surface area contributed by atoms with Gasteiger partial charge in [-0.05, 0) is 24.1 Å². The van der Waals surface area contributed by atoms with Crippen molar-refractivity contribution in [2.75, 3.05) is 13.1 Å². The van der Waals surface area contributed by atoms with Gasteiger partial charge < -0.3 is 11.1 Å². The lowest BCUT2D eigenvalue weighted by Crippen LogP contribution is -2.26. The van der Waals surface area contributed by atoms with Crippen molar-refractivity contribution in [3.8, 4) is 0 Å². The van der Waals surface area contributed by atoms with E-state index in [9.17, 15) is 4.79 Å². The Kier molecular flexibility index (Phi) is 5.09. The van der Waals surface area contributed by atoms with Gasteiger partial charge in [0.15, 0.2) is 5.69 Å². The molecule has 0 radical (unpaired) electrons. The topological polar surface area (TPSA) is 85.8 Å². The fraction of sp³-hybridized carbons (Fsp3) is 0.308. The summed E-state index contributed by atoms with van der Waals surface area (Å²) in [5, 5.41) is 11.1. The number of nitrogens with two attached hydrogens (primary N) is 1. The summed E-state index contributed by atoms with van der Waals surface area (Å²) < 4.78 is 1.55. The Morgan fingerprint density at radius 1 is 1.45 bits per heavy atom. The highest BCUT2D eigenvalue weighted by atomic mass is 35.5. The molecule has 2 rings (SSSR count). The van der Waals surface area contributed by atoms with E-state index in [1.54, 1.807) is 10.9 Å². The Morgan fingerprint density at radius 3 is 3.05 bits per heavy atom. The van der Waals surface area contributed by atoms with Gasteiger partial charge in [0.1, 0.15) is 0 Å². The number of nitrogens with zero attached hydrogens (tertiary/aromatic N) is 3. The summed E-state index contributed by atoms with van der Waals surface area (Å²) >= 11 is 5.90. The Bertz CT molecular complexity index is 584. The molecule has 1 aromatic carbocycles. The van der Waals surface area contributed by atoms with Crippen LogP contribution in [0.3, 0.4) is 0 Å². The molecule has 106 valence electrons. The van der Waals surface area contributed by atoms with Gasteiger partial charge in [-0.3, -0.25) is 9.48 Å². The zero-order chi connectivity index (χ0) is 14.4. The predicted molar refractivity (Wildman–Crippen MR) is 76.6 cm³/mol. The first kappa shape index (κ1) is 14.5. The third kappa shape index (κ3) is 4.04. The molecule has 20 heavy (non-hydrogen) atoms. The zero-order valence-corrected chi connectivity index (χ0v) is 11.7. The lowest BCUT2D eigenvalue weighted by molar-refractivity contribution is 0.0949. The molecule has 0 saturated carbocycles. The van der Waals surface area contributed by atoms with E-state index in [-0.39, 0.29) is 5.91 Å². The number of carbonyl (C=O) groups is 1. The van der Waals surface area contributed by atoms with Gasteiger partial charge in [-0.25, -0.2) is 0 Å². The fourth-order valence-corrected chi connectivity index (χ4v) is 1.96. The second kappa shape index (κ2) is 7.02. The van der Waals surface area contributed by atoms with Crippen LogP contribution in [-0.2, 0) is 13.0 Å². The largest absolute Gasteiger partial charge is 0.350 e. The summed E-state index contributed by atoms with van der Waals surface area (Å²) in [4.78, 5) is 11.8. The van der Waals surface area contributed by atoms with Crippen LogP contribution < -0.4 is 11.1 Å². The van der Waals surface area contributed by atoms with Crippen LogP contribution >= 0.6 is 11.6 Å².